The number of benzene rings is 2. The Morgan fingerprint density at radius 3 is 2.50 bits per heavy atom. The van der Waals surface area contributed by atoms with Gasteiger partial charge in [0.25, 0.3) is 11.8 Å². The summed E-state index contributed by atoms with van der Waals surface area (Å²) < 4.78 is 10.7. The van der Waals surface area contributed by atoms with Crippen molar-refractivity contribution in [1.82, 2.24) is 0 Å². The molecule has 1 aromatic heterocycles. The van der Waals surface area contributed by atoms with Crippen molar-refractivity contribution in [2.24, 2.45) is 0 Å². The van der Waals surface area contributed by atoms with Crippen LogP contribution in [0.2, 0.25) is 0 Å². The second-order valence-electron chi connectivity index (χ2n) is 6.61. The van der Waals surface area contributed by atoms with E-state index in [0.717, 1.165) is 5.56 Å². The van der Waals surface area contributed by atoms with Crippen LogP contribution in [0.15, 0.2) is 65.3 Å². The summed E-state index contributed by atoms with van der Waals surface area (Å²) in [6.45, 7) is 5.74. The quantitative estimate of drug-likeness (QED) is 0.641. The fourth-order valence-corrected chi connectivity index (χ4v) is 2.61. The van der Waals surface area contributed by atoms with E-state index in [1.54, 1.807) is 42.5 Å². The zero-order valence-corrected chi connectivity index (χ0v) is 16.0. The van der Waals surface area contributed by atoms with Crippen LogP contribution in [0, 0.1) is 6.92 Å². The summed E-state index contributed by atoms with van der Waals surface area (Å²) in [4.78, 5) is 24.8. The van der Waals surface area contributed by atoms with Gasteiger partial charge in [-0.2, -0.15) is 0 Å². The van der Waals surface area contributed by atoms with E-state index in [1.807, 2.05) is 32.9 Å². The highest BCUT2D eigenvalue weighted by molar-refractivity contribution is 6.06. The average molecular weight is 378 g/mol. The van der Waals surface area contributed by atoms with Gasteiger partial charge >= 0.3 is 0 Å². The summed E-state index contributed by atoms with van der Waals surface area (Å²) in [6, 6.07) is 15.5. The van der Waals surface area contributed by atoms with Gasteiger partial charge in [-0.3, -0.25) is 9.59 Å². The molecule has 1 heterocycles. The molecule has 0 aliphatic carbocycles. The van der Waals surface area contributed by atoms with E-state index < -0.39 is 0 Å². The largest absolute Gasteiger partial charge is 0.491 e. The first kappa shape index (κ1) is 19.2. The second-order valence-corrected chi connectivity index (χ2v) is 6.61. The minimum Gasteiger partial charge on any atom is -0.491 e. The van der Waals surface area contributed by atoms with Crippen molar-refractivity contribution in [3.05, 3.63) is 77.7 Å². The van der Waals surface area contributed by atoms with E-state index in [2.05, 4.69) is 10.6 Å². The van der Waals surface area contributed by atoms with Gasteiger partial charge in [0.1, 0.15) is 5.75 Å². The Balaban J connectivity index is 1.74. The van der Waals surface area contributed by atoms with Crippen LogP contribution >= 0.6 is 0 Å². The summed E-state index contributed by atoms with van der Waals surface area (Å²) >= 11 is 0. The molecule has 0 saturated heterocycles. The molecule has 0 fully saturated rings. The number of carbonyl (C=O) groups excluding carboxylic acids is 2. The van der Waals surface area contributed by atoms with Crippen molar-refractivity contribution in [3.63, 3.8) is 0 Å². The fraction of sp³-hybridized carbons (Fsp3) is 0.182. The van der Waals surface area contributed by atoms with Crippen molar-refractivity contribution < 1.29 is 18.7 Å². The van der Waals surface area contributed by atoms with Gasteiger partial charge in [-0.1, -0.05) is 12.1 Å². The minimum absolute atomic E-state index is 0.0232. The summed E-state index contributed by atoms with van der Waals surface area (Å²) in [5.41, 5.74) is 2.53. The molecule has 0 atom stereocenters. The van der Waals surface area contributed by atoms with Crippen LogP contribution in [0.1, 0.15) is 40.3 Å². The van der Waals surface area contributed by atoms with Crippen LogP contribution in [-0.4, -0.2) is 17.9 Å². The number of furan rings is 1. The lowest BCUT2D eigenvalue weighted by Gasteiger charge is -2.13. The predicted molar refractivity (Wildman–Crippen MR) is 108 cm³/mol. The molecule has 0 unspecified atom stereocenters. The summed E-state index contributed by atoms with van der Waals surface area (Å²) in [7, 11) is 0. The Bertz CT molecular complexity index is 978. The Hall–Kier alpha value is -3.54. The van der Waals surface area contributed by atoms with Gasteiger partial charge in [-0.25, -0.2) is 0 Å². The number of carbonyl (C=O) groups is 2. The molecule has 2 aromatic carbocycles. The van der Waals surface area contributed by atoms with Crippen molar-refractivity contribution in [2.75, 3.05) is 10.6 Å². The summed E-state index contributed by atoms with van der Waals surface area (Å²) in [5.74, 6) is 0.239. The molecule has 2 N–H and O–H groups in total. The standard InChI is InChI=1S/C22H22N2O4/c1-14(2)28-18-7-4-6-16(12-18)21(25)24-19-13-17(10-9-15(19)3)23-22(26)20-8-5-11-27-20/h4-14H,1-3H3,(H,23,26)(H,24,25). The fourth-order valence-electron chi connectivity index (χ4n) is 2.61. The molecule has 6 nitrogen and oxygen atoms in total. The molecule has 3 aromatic rings. The average Bonchev–Trinajstić information content (AvgIpc) is 3.19. The first-order chi connectivity index (χ1) is 13.4. The van der Waals surface area contributed by atoms with E-state index in [9.17, 15) is 9.59 Å². The highest BCUT2D eigenvalue weighted by Gasteiger charge is 2.12. The van der Waals surface area contributed by atoms with E-state index in [0.29, 0.717) is 22.7 Å². The topological polar surface area (TPSA) is 80.6 Å². The molecule has 0 bridgehead atoms. The van der Waals surface area contributed by atoms with Crippen LogP contribution in [0.3, 0.4) is 0 Å². The maximum atomic E-state index is 12.7. The number of hydrogen-bond acceptors (Lipinski definition) is 4. The van der Waals surface area contributed by atoms with Crippen molar-refractivity contribution in [3.8, 4) is 5.75 Å². The molecule has 2 amide bonds. The third kappa shape index (κ3) is 4.79. The SMILES string of the molecule is Cc1ccc(NC(=O)c2ccco2)cc1NC(=O)c1cccc(OC(C)C)c1. The van der Waals surface area contributed by atoms with Crippen LogP contribution in [-0.2, 0) is 0 Å². The Labute approximate surface area is 163 Å². The van der Waals surface area contributed by atoms with Gasteiger partial charge in [0.2, 0.25) is 0 Å². The number of rotatable bonds is 6. The molecule has 28 heavy (non-hydrogen) atoms. The lowest BCUT2D eigenvalue weighted by Crippen LogP contribution is -2.15. The third-order valence-electron chi connectivity index (χ3n) is 3.96. The molecule has 0 saturated carbocycles. The monoisotopic (exact) mass is 378 g/mol. The zero-order chi connectivity index (χ0) is 20.1. The van der Waals surface area contributed by atoms with Gasteiger partial charge in [0.05, 0.1) is 12.4 Å². The van der Waals surface area contributed by atoms with Crippen molar-refractivity contribution >= 4 is 23.2 Å². The number of amides is 2. The van der Waals surface area contributed by atoms with Gasteiger partial charge in [-0.15, -0.1) is 0 Å². The predicted octanol–water partition coefficient (Wildman–Crippen LogP) is 4.88. The van der Waals surface area contributed by atoms with Gasteiger partial charge < -0.3 is 19.8 Å². The molecule has 144 valence electrons. The van der Waals surface area contributed by atoms with E-state index >= 15 is 0 Å². The van der Waals surface area contributed by atoms with Crippen LogP contribution in [0.25, 0.3) is 0 Å². The normalized spacial score (nSPS) is 10.6. The third-order valence-corrected chi connectivity index (χ3v) is 3.96. The Kier molecular flexibility index (Phi) is 5.79. The minimum atomic E-state index is -0.357. The molecule has 0 spiro atoms. The maximum absolute atomic E-state index is 12.7. The zero-order valence-electron chi connectivity index (χ0n) is 16.0. The van der Waals surface area contributed by atoms with Crippen molar-refractivity contribution in [2.45, 2.75) is 26.9 Å². The van der Waals surface area contributed by atoms with Crippen molar-refractivity contribution in [1.29, 1.82) is 0 Å². The molecule has 0 aliphatic rings. The number of aryl methyl sites for hydroxylation is 1. The Morgan fingerprint density at radius 1 is 0.964 bits per heavy atom. The first-order valence-electron chi connectivity index (χ1n) is 8.96. The van der Waals surface area contributed by atoms with Crippen LogP contribution < -0.4 is 15.4 Å². The second kappa shape index (κ2) is 8.43. The molecule has 0 aliphatic heterocycles. The molecular formula is C22H22N2O4. The van der Waals surface area contributed by atoms with Gasteiger partial charge in [-0.05, 0) is 68.8 Å². The van der Waals surface area contributed by atoms with E-state index in [1.165, 1.54) is 6.26 Å². The highest BCUT2D eigenvalue weighted by atomic mass is 16.5. The number of ether oxygens (including phenoxy) is 1. The number of nitrogens with one attached hydrogen (secondary N) is 2. The number of anilines is 2. The van der Waals surface area contributed by atoms with Crippen LogP contribution in [0.4, 0.5) is 11.4 Å². The molecule has 0 radical (unpaired) electrons. The number of hydrogen-bond donors (Lipinski definition) is 2. The molecule has 6 heteroatoms. The lowest BCUT2D eigenvalue weighted by atomic mass is 10.1. The maximum Gasteiger partial charge on any atom is 0.291 e. The molecular weight excluding hydrogens is 356 g/mol. The summed E-state index contributed by atoms with van der Waals surface area (Å²) in [5, 5.41) is 5.64. The highest BCUT2D eigenvalue weighted by Crippen LogP contribution is 2.23. The van der Waals surface area contributed by atoms with Gasteiger partial charge in [0, 0.05) is 16.9 Å². The van der Waals surface area contributed by atoms with Crippen LogP contribution in [0.5, 0.6) is 5.75 Å². The first-order valence-corrected chi connectivity index (χ1v) is 8.96. The lowest BCUT2D eigenvalue weighted by molar-refractivity contribution is 0.0995. The van der Waals surface area contributed by atoms with E-state index in [-0.39, 0.29) is 23.7 Å². The molecule has 3 rings (SSSR count). The van der Waals surface area contributed by atoms with Gasteiger partial charge in [0.15, 0.2) is 5.76 Å². The Morgan fingerprint density at radius 2 is 1.79 bits per heavy atom. The van der Waals surface area contributed by atoms with E-state index in [4.69, 9.17) is 9.15 Å². The smallest absolute Gasteiger partial charge is 0.291 e. The summed E-state index contributed by atoms with van der Waals surface area (Å²) in [6.07, 6.45) is 1.46.